The Kier molecular flexibility index (Phi) is 4.39. The largest absolute Gasteiger partial charge is 0.383 e. The summed E-state index contributed by atoms with van der Waals surface area (Å²) in [5, 5.41) is 15.5. The molecule has 1 aromatic carbocycles. The molecule has 1 heterocycles. The number of carbonyl (C=O) groups is 1. The monoisotopic (exact) mass is 311 g/mol. The van der Waals surface area contributed by atoms with E-state index in [1.165, 1.54) is 6.33 Å². The number of aliphatic hydroxyl groups is 1. The molecule has 2 aromatic rings. The third-order valence-electron chi connectivity index (χ3n) is 4.74. The minimum atomic E-state index is -0.921. The van der Waals surface area contributed by atoms with E-state index in [0.717, 1.165) is 36.7 Å². The summed E-state index contributed by atoms with van der Waals surface area (Å²) >= 11 is 0. The molecule has 120 valence electrons. The van der Waals surface area contributed by atoms with Crippen molar-refractivity contribution < 1.29 is 9.90 Å². The number of aromatic nitrogens is 3. The quantitative estimate of drug-likeness (QED) is 0.882. The van der Waals surface area contributed by atoms with Gasteiger partial charge in [-0.15, -0.1) is 0 Å². The van der Waals surface area contributed by atoms with Crippen molar-refractivity contribution in [3.05, 3.63) is 53.6 Å². The van der Waals surface area contributed by atoms with Crippen molar-refractivity contribution in [2.45, 2.75) is 38.3 Å². The van der Waals surface area contributed by atoms with Crippen molar-refractivity contribution in [3.8, 4) is 0 Å². The lowest BCUT2D eigenvalue weighted by molar-refractivity contribution is -0.0126. The van der Waals surface area contributed by atoms with Crippen LogP contribution in [0.4, 0.5) is 0 Å². The molecule has 0 spiro atoms. The Morgan fingerprint density at radius 3 is 2.74 bits per heavy atom. The van der Waals surface area contributed by atoms with Crippen molar-refractivity contribution in [1.29, 1.82) is 0 Å². The van der Waals surface area contributed by atoms with Gasteiger partial charge in [-0.25, -0.2) is 9.67 Å². The van der Waals surface area contributed by atoms with Crippen LogP contribution in [-0.2, 0) is 6.54 Å². The Morgan fingerprint density at radius 1 is 1.35 bits per heavy atom. The molecule has 5 nitrogen and oxygen atoms in total. The summed E-state index contributed by atoms with van der Waals surface area (Å²) < 4.78 is 1.69. The summed E-state index contributed by atoms with van der Waals surface area (Å²) in [6.07, 6.45) is 8.92. The average Bonchev–Trinajstić information content (AvgIpc) is 3.06. The molecule has 1 aliphatic carbocycles. The summed E-state index contributed by atoms with van der Waals surface area (Å²) in [6.45, 7) is 2.49. The van der Waals surface area contributed by atoms with Crippen LogP contribution in [0.2, 0.25) is 0 Å². The zero-order chi connectivity index (χ0) is 16.3. The molecule has 0 radical (unpaired) electrons. The van der Waals surface area contributed by atoms with E-state index in [2.05, 4.69) is 17.0 Å². The van der Waals surface area contributed by atoms with Crippen LogP contribution in [0.1, 0.15) is 42.1 Å². The number of hydrogen-bond acceptors (Lipinski definition) is 4. The van der Waals surface area contributed by atoms with Crippen LogP contribution in [0.15, 0.2) is 42.5 Å². The molecule has 0 amide bonds. The zero-order valence-electron chi connectivity index (χ0n) is 13.2. The fourth-order valence-electron chi connectivity index (χ4n) is 3.26. The topological polar surface area (TPSA) is 68.0 Å². The van der Waals surface area contributed by atoms with E-state index in [-0.39, 0.29) is 5.92 Å². The number of benzene rings is 1. The minimum Gasteiger partial charge on any atom is -0.383 e. The van der Waals surface area contributed by atoms with Crippen molar-refractivity contribution in [2.75, 3.05) is 0 Å². The van der Waals surface area contributed by atoms with Crippen LogP contribution >= 0.6 is 0 Å². The second-order valence-electron chi connectivity index (χ2n) is 6.26. The summed E-state index contributed by atoms with van der Waals surface area (Å²) in [4.78, 5) is 14.7. The highest BCUT2D eigenvalue weighted by Gasteiger charge is 2.40. The fraction of sp³-hybridized carbons (Fsp3) is 0.389. The van der Waals surface area contributed by atoms with E-state index in [1.807, 2.05) is 18.2 Å². The minimum absolute atomic E-state index is 0.154. The highest BCUT2D eigenvalue weighted by atomic mass is 16.3. The second-order valence-corrected chi connectivity index (χ2v) is 6.26. The molecule has 2 atom stereocenters. The first-order valence-electron chi connectivity index (χ1n) is 7.93. The molecule has 0 aliphatic heterocycles. The van der Waals surface area contributed by atoms with Crippen LogP contribution in [0.3, 0.4) is 0 Å². The maximum Gasteiger partial charge on any atom is 0.150 e. The van der Waals surface area contributed by atoms with Gasteiger partial charge in [-0.2, -0.15) is 5.10 Å². The van der Waals surface area contributed by atoms with Gasteiger partial charge in [-0.3, -0.25) is 4.79 Å². The van der Waals surface area contributed by atoms with Crippen LogP contribution in [0.25, 0.3) is 6.08 Å². The summed E-state index contributed by atoms with van der Waals surface area (Å²) in [5.74, 6) is 0.154. The smallest absolute Gasteiger partial charge is 0.150 e. The molecular formula is C18H21N3O2. The first-order valence-corrected chi connectivity index (χ1v) is 7.93. The SMILES string of the molecule is CC1CCCC(=Cc2ccc(C=O)cc2)C1(O)Cn1cncn1. The predicted molar refractivity (Wildman–Crippen MR) is 87.8 cm³/mol. The second kappa shape index (κ2) is 6.46. The van der Waals surface area contributed by atoms with Crippen LogP contribution in [-0.4, -0.2) is 31.8 Å². The third kappa shape index (κ3) is 3.24. The van der Waals surface area contributed by atoms with Gasteiger partial charge in [0.15, 0.2) is 0 Å². The van der Waals surface area contributed by atoms with Crippen molar-refractivity contribution in [1.82, 2.24) is 14.8 Å². The Morgan fingerprint density at radius 2 is 2.09 bits per heavy atom. The Balaban J connectivity index is 1.92. The fourth-order valence-corrected chi connectivity index (χ4v) is 3.26. The number of aldehydes is 1. The average molecular weight is 311 g/mol. The number of carbonyl (C=O) groups excluding carboxylic acids is 1. The Hall–Kier alpha value is -2.27. The third-order valence-corrected chi connectivity index (χ3v) is 4.74. The van der Waals surface area contributed by atoms with E-state index in [4.69, 9.17) is 0 Å². The lowest BCUT2D eigenvalue weighted by Crippen LogP contribution is -2.45. The lowest BCUT2D eigenvalue weighted by Gasteiger charge is -2.40. The molecule has 1 aromatic heterocycles. The summed E-state index contributed by atoms with van der Waals surface area (Å²) in [6, 6.07) is 7.40. The van der Waals surface area contributed by atoms with E-state index >= 15 is 0 Å². The van der Waals surface area contributed by atoms with Crippen molar-refractivity contribution in [3.63, 3.8) is 0 Å². The molecular weight excluding hydrogens is 290 g/mol. The maximum atomic E-state index is 11.3. The summed E-state index contributed by atoms with van der Waals surface area (Å²) in [7, 11) is 0. The normalized spacial score (nSPS) is 26.3. The maximum absolute atomic E-state index is 11.3. The molecule has 2 unspecified atom stereocenters. The predicted octanol–water partition coefficient (Wildman–Crippen LogP) is 2.73. The van der Waals surface area contributed by atoms with Gasteiger partial charge in [0.25, 0.3) is 0 Å². The van der Waals surface area contributed by atoms with E-state index in [1.54, 1.807) is 23.1 Å². The number of hydrogen-bond donors (Lipinski definition) is 1. The number of nitrogens with zero attached hydrogens (tertiary/aromatic N) is 3. The van der Waals surface area contributed by atoms with Gasteiger partial charge in [-0.1, -0.05) is 37.3 Å². The van der Waals surface area contributed by atoms with Gasteiger partial charge in [-0.05, 0) is 36.3 Å². The first kappa shape index (κ1) is 15.6. The number of rotatable bonds is 4. The Labute approximate surface area is 135 Å². The molecule has 0 bridgehead atoms. The Bertz CT molecular complexity index is 692. The van der Waals surface area contributed by atoms with E-state index in [9.17, 15) is 9.90 Å². The van der Waals surface area contributed by atoms with Gasteiger partial charge in [0.2, 0.25) is 0 Å². The zero-order valence-corrected chi connectivity index (χ0v) is 13.2. The standard InChI is InChI=1S/C18H21N3O2/c1-14-3-2-4-17(9-15-5-7-16(10-22)8-6-15)18(14,23)11-21-13-19-12-20-21/h5-10,12-14,23H,2-4,11H2,1H3. The molecule has 1 fully saturated rings. The molecule has 5 heteroatoms. The first-order chi connectivity index (χ1) is 11.1. The molecule has 23 heavy (non-hydrogen) atoms. The van der Waals surface area contributed by atoms with Crippen molar-refractivity contribution >= 4 is 12.4 Å². The summed E-state index contributed by atoms with van der Waals surface area (Å²) in [5.41, 5.74) is 1.75. The molecule has 1 aliphatic rings. The molecule has 3 rings (SSSR count). The van der Waals surface area contributed by atoms with Crippen LogP contribution in [0, 0.1) is 5.92 Å². The van der Waals surface area contributed by atoms with E-state index < -0.39 is 5.60 Å². The van der Waals surface area contributed by atoms with Gasteiger partial charge in [0, 0.05) is 5.56 Å². The van der Waals surface area contributed by atoms with Crippen LogP contribution in [0.5, 0.6) is 0 Å². The highest BCUT2D eigenvalue weighted by molar-refractivity contribution is 5.75. The molecule has 1 N–H and O–H groups in total. The van der Waals surface area contributed by atoms with Gasteiger partial charge < -0.3 is 5.11 Å². The molecule has 1 saturated carbocycles. The van der Waals surface area contributed by atoms with Gasteiger partial charge >= 0.3 is 0 Å². The van der Waals surface area contributed by atoms with Crippen LogP contribution < -0.4 is 0 Å². The highest BCUT2D eigenvalue weighted by Crippen LogP contribution is 2.40. The van der Waals surface area contributed by atoms with Gasteiger partial charge in [0.05, 0.1) is 6.54 Å². The van der Waals surface area contributed by atoms with Crippen molar-refractivity contribution in [2.24, 2.45) is 5.92 Å². The lowest BCUT2D eigenvalue weighted by atomic mass is 9.72. The molecule has 0 saturated heterocycles. The van der Waals surface area contributed by atoms with Gasteiger partial charge in [0.1, 0.15) is 24.5 Å². The van der Waals surface area contributed by atoms with E-state index in [0.29, 0.717) is 12.1 Å².